The van der Waals surface area contributed by atoms with E-state index in [0.29, 0.717) is 19.6 Å². The fourth-order valence-corrected chi connectivity index (χ4v) is 4.66. The number of carboxylic acid groups (broad SMARTS) is 1. The largest absolute Gasteiger partial charge is 0.481 e. The first-order chi connectivity index (χ1) is 8.92. The molecular weight excluding hydrogens is 270 g/mol. The highest BCUT2D eigenvalue weighted by Crippen LogP contribution is 2.49. The van der Waals surface area contributed by atoms with E-state index < -0.39 is 21.4 Å². The molecule has 7 heteroatoms. The summed E-state index contributed by atoms with van der Waals surface area (Å²) in [6.07, 6.45) is 2.28. The number of carbonyl (C=O) groups is 1. The third-order valence-electron chi connectivity index (χ3n) is 4.35. The van der Waals surface area contributed by atoms with Crippen molar-refractivity contribution in [3.05, 3.63) is 0 Å². The molecule has 0 unspecified atom stereocenters. The Morgan fingerprint density at radius 1 is 1.53 bits per heavy atom. The summed E-state index contributed by atoms with van der Waals surface area (Å²) >= 11 is 0. The summed E-state index contributed by atoms with van der Waals surface area (Å²) in [5, 5.41) is 9.43. The van der Waals surface area contributed by atoms with Crippen LogP contribution in [0.5, 0.6) is 0 Å². The third kappa shape index (κ3) is 2.64. The zero-order chi connectivity index (χ0) is 14.1. The van der Waals surface area contributed by atoms with E-state index in [1.165, 1.54) is 4.31 Å². The van der Waals surface area contributed by atoms with Crippen molar-refractivity contribution in [2.45, 2.75) is 26.2 Å². The minimum atomic E-state index is -3.40. The van der Waals surface area contributed by atoms with Crippen LogP contribution >= 0.6 is 0 Å². The zero-order valence-electron chi connectivity index (χ0n) is 11.2. The number of sulfonamides is 1. The van der Waals surface area contributed by atoms with E-state index in [1.54, 1.807) is 0 Å². The molecule has 0 radical (unpaired) electrons. The smallest absolute Gasteiger partial charge is 0.311 e. The van der Waals surface area contributed by atoms with Gasteiger partial charge in [-0.15, -0.1) is 0 Å². The molecule has 110 valence electrons. The van der Waals surface area contributed by atoms with E-state index in [4.69, 9.17) is 4.74 Å². The maximum atomic E-state index is 12.2. The normalized spacial score (nSPS) is 31.5. The molecule has 0 bridgehead atoms. The van der Waals surface area contributed by atoms with Crippen LogP contribution < -0.4 is 0 Å². The van der Waals surface area contributed by atoms with Crippen molar-refractivity contribution < 1.29 is 23.1 Å². The molecule has 0 aromatic carbocycles. The maximum Gasteiger partial charge on any atom is 0.311 e. The zero-order valence-corrected chi connectivity index (χ0v) is 12.0. The second kappa shape index (κ2) is 5.38. The second-order valence-corrected chi connectivity index (χ2v) is 7.44. The SMILES string of the molecule is CCOCCS(=O)(=O)N1C[C@@H]2CCC[C@@]2(C(=O)O)C1. The molecule has 19 heavy (non-hydrogen) atoms. The lowest BCUT2D eigenvalue weighted by molar-refractivity contribution is -0.149. The number of rotatable bonds is 6. The summed E-state index contributed by atoms with van der Waals surface area (Å²) in [6, 6.07) is 0. The van der Waals surface area contributed by atoms with Gasteiger partial charge < -0.3 is 9.84 Å². The van der Waals surface area contributed by atoms with Gasteiger partial charge in [0.1, 0.15) is 0 Å². The molecule has 2 aliphatic rings. The van der Waals surface area contributed by atoms with E-state index >= 15 is 0 Å². The topological polar surface area (TPSA) is 83.9 Å². The van der Waals surface area contributed by atoms with Gasteiger partial charge in [-0.2, -0.15) is 0 Å². The van der Waals surface area contributed by atoms with Crippen molar-refractivity contribution in [3.63, 3.8) is 0 Å². The van der Waals surface area contributed by atoms with Crippen LogP contribution in [0, 0.1) is 11.3 Å². The molecule has 1 aliphatic carbocycles. The van der Waals surface area contributed by atoms with E-state index in [1.807, 2.05) is 6.92 Å². The van der Waals surface area contributed by atoms with Crippen molar-refractivity contribution in [2.24, 2.45) is 11.3 Å². The molecule has 6 nitrogen and oxygen atoms in total. The fourth-order valence-electron chi connectivity index (χ4n) is 3.24. The summed E-state index contributed by atoms with van der Waals surface area (Å²) in [5.41, 5.74) is -0.849. The van der Waals surface area contributed by atoms with Crippen molar-refractivity contribution >= 4 is 16.0 Å². The molecular formula is C12H21NO5S. The molecule has 0 amide bonds. The highest BCUT2D eigenvalue weighted by molar-refractivity contribution is 7.89. The van der Waals surface area contributed by atoms with Gasteiger partial charge >= 0.3 is 5.97 Å². The van der Waals surface area contributed by atoms with Gasteiger partial charge in [0.05, 0.1) is 17.8 Å². The minimum absolute atomic E-state index is 0.0353. The first-order valence-electron chi connectivity index (χ1n) is 6.71. The van der Waals surface area contributed by atoms with Crippen molar-refractivity contribution in [1.82, 2.24) is 4.31 Å². The van der Waals surface area contributed by atoms with E-state index in [0.717, 1.165) is 12.8 Å². The van der Waals surface area contributed by atoms with Crippen LogP contribution in [0.2, 0.25) is 0 Å². The van der Waals surface area contributed by atoms with Crippen LogP contribution in [0.4, 0.5) is 0 Å². The number of aliphatic carboxylic acids is 1. The fraction of sp³-hybridized carbons (Fsp3) is 0.917. The lowest BCUT2D eigenvalue weighted by Gasteiger charge is -2.23. The predicted molar refractivity (Wildman–Crippen MR) is 69.3 cm³/mol. The molecule has 1 heterocycles. The molecule has 2 atom stereocenters. The molecule has 0 aromatic rings. The number of nitrogens with zero attached hydrogens (tertiary/aromatic N) is 1. The predicted octanol–water partition coefficient (Wildman–Crippen LogP) is 0.539. The second-order valence-electron chi connectivity index (χ2n) is 5.36. The Hall–Kier alpha value is -0.660. The third-order valence-corrected chi connectivity index (χ3v) is 6.10. The average Bonchev–Trinajstić information content (AvgIpc) is 2.86. The molecule has 1 saturated heterocycles. The Bertz CT molecular complexity index is 449. The summed E-state index contributed by atoms with van der Waals surface area (Å²) in [5.74, 6) is -0.951. The van der Waals surface area contributed by atoms with E-state index in [9.17, 15) is 18.3 Å². The summed E-state index contributed by atoms with van der Waals surface area (Å²) in [4.78, 5) is 11.5. The Labute approximate surface area is 113 Å². The molecule has 2 fully saturated rings. The van der Waals surface area contributed by atoms with E-state index in [-0.39, 0.29) is 24.8 Å². The van der Waals surface area contributed by atoms with Crippen LogP contribution in [0.1, 0.15) is 26.2 Å². The van der Waals surface area contributed by atoms with Gasteiger partial charge in [0, 0.05) is 19.7 Å². The molecule has 2 rings (SSSR count). The summed E-state index contributed by atoms with van der Waals surface area (Å²) in [7, 11) is -3.40. The molecule has 1 saturated carbocycles. The average molecular weight is 291 g/mol. The van der Waals surface area contributed by atoms with Gasteiger partial charge in [-0.3, -0.25) is 4.79 Å². The number of hydrogen-bond acceptors (Lipinski definition) is 4. The molecule has 0 spiro atoms. The number of carboxylic acids is 1. The first kappa shape index (κ1) is 14.7. The van der Waals surface area contributed by atoms with Crippen LogP contribution in [-0.4, -0.2) is 55.9 Å². The van der Waals surface area contributed by atoms with Crippen LogP contribution in [0.15, 0.2) is 0 Å². The van der Waals surface area contributed by atoms with Crippen LogP contribution in [-0.2, 0) is 19.6 Å². The van der Waals surface area contributed by atoms with Gasteiger partial charge in [-0.1, -0.05) is 6.42 Å². The monoisotopic (exact) mass is 291 g/mol. The number of ether oxygens (including phenoxy) is 1. The number of hydrogen-bond donors (Lipinski definition) is 1. The van der Waals surface area contributed by atoms with Gasteiger partial charge in [-0.05, 0) is 25.7 Å². The first-order valence-corrected chi connectivity index (χ1v) is 8.32. The van der Waals surface area contributed by atoms with Crippen LogP contribution in [0.3, 0.4) is 0 Å². The van der Waals surface area contributed by atoms with Gasteiger partial charge in [0.2, 0.25) is 10.0 Å². The Balaban J connectivity index is 2.07. The van der Waals surface area contributed by atoms with Gasteiger partial charge in [-0.25, -0.2) is 12.7 Å². The minimum Gasteiger partial charge on any atom is -0.481 e. The lowest BCUT2D eigenvalue weighted by Crippen LogP contribution is -2.38. The van der Waals surface area contributed by atoms with Crippen molar-refractivity contribution in [3.8, 4) is 0 Å². The molecule has 1 N–H and O–H groups in total. The Kier molecular flexibility index (Phi) is 4.17. The Morgan fingerprint density at radius 2 is 2.26 bits per heavy atom. The maximum absolute atomic E-state index is 12.2. The summed E-state index contributed by atoms with van der Waals surface area (Å²) in [6.45, 7) is 2.94. The Morgan fingerprint density at radius 3 is 2.84 bits per heavy atom. The van der Waals surface area contributed by atoms with Crippen LogP contribution in [0.25, 0.3) is 0 Å². The van der Waals surface area contributed by atoms with Gasteiger partial charge in [0.25, 0.3) is 0 Å². The van der Waals surface area contributed by atoms with Gasteiger partial charge in [0.15, 0.2) is 0 Å². The van der Waals surface area contributed by atoms with E-state index in [2.05, 4.69) is 0 Å². The van der Waals surface area contributed by atoms with Crippen molar-refractivity contribution in [2.75, 3.05) is 32.1 Å². The highest BCUT2D eigenvalue weighted by atomic mass is 32.2. The molecule has 0 aromatic heterocycles. The lowest BCUT2D eigenvalue weighted by atomic mass is 9.81. The van der Waals surface area contributed by atoms with Crippen molar-refractivity contribution in [1.29, 1.82) is 0 Å². The summed E-state index contributed by atoms with van der Waals surface area (Å²) < 4.78 is 30.7. The standard InChI is InChI=1S/C12H21NO5S/c1-2-18-6-7-19(16,17)13-8-10-4-3-5-12(10,9-13)11(14)15/h10H,2-9H2,1H3,(H,14,15)/t10-,12+/m0/s1. The molecule has 1 aliphatic heterocycles. The highest BCUT2D eigenvalue weighted by Gasteiger charge is 2.56. The quantitative estimate of drug-likeness (QED) is 0.722. The number of fused-ring (bicyclic) bond motifs is 1.